The molecular formula is C12H24N2O. The van der Waals surface area contributed by atoms with Gasteiger partial charge in [0, 0.05) is 18.5 Å². The fraction of sp³-hybridized carbons (Fsp3) is 0.917. The van der Waals surface area contributed by atoms with E-state index in [-0.39, 0.29) is 11.4 Å². The van der Waals surface area contributed by atoms with Crippen LogP contribution < -0.4 is 11.1 Å². The maximum Gasteiger partial charge on any atom is 0.220 e. The molecule has 1 aliphatic rings. The third-order valence-electron chi connectivity index (χ3n) is 3.04. The van der Waals surface area contributed by atoms with Crippen LogP contribution in [0.2, 0.25) is 0 Å². The average molecular weight is 212 g/mol. The Morgan fingerprint density at radius 2 is 2.13 bits per heavy atom. The van der Waals surface area contributed by atoms with Crippen LogP contribution in [0.1, 0.15) is 46.5 Å². The second kappa shape index (κ2) is 4.97. The summed E-state index contributed by atoms with van der Waals surface area (Å²) in [6.07, 6.45) is 3.97. The van der Waals surface area contributed by atoms with E-state index in [1.807, 2.05) is 13.8 Å². The SMILES string of the molecule is CC(CNC(=O)CCC(C)(C)N)C1CC1. The lowest BCUT2D eigenvalue weighted by molar-refractivity contribution is -0.121. The van der Waals surface area contributed by atoms with Gasteiger partial charge in [0.15, 0.2) is 0 Å². The van der Waals surface area contributed by atoms with E-state index in [4.69, 9.17) is 5.73 Å². The molecule has 0 aromatic rings. The smallest absolute Gasteiger partial charge is 0.220 e. The molecule has 0 spiro atoms. The maximum absolute atomic E-state index is 11.5. The number of hydrogen-bond donors (Lipinski definition) is 2. The molecule has 0 radical (unpaired) electrons. The van der Waals surface area contributed by atoms with Crippen molar-refractivity contribution in [3.63, 3.8) is 0 Å². The standard InChI is InChI=1S/C12H24N2O/c1-9(10-4-5-10)8-14-11(15)6-7-12(2,3)13/h9-10H,4-8,13H2,1-3H3,(H,14,15). The lowest BCUT2D eigenvalue weighted by Gasteiger charge is -2.18. The van der Waals surface area contributed by atoms with E-state index < -0.39 is 0 Å². The molecule has 0 aromatic heterocycles. The normalized spacial score (nSPS) is 18.7. The molecule has 1 aliphatic carbocycles. The molecule has 1 amide bonds. The number of hydrogen-bond acceptors (Lipinski definition) is 2. The van der Waals surface area contributed by atoms with Crippen LogP contribution in [0.4, 0.5) is 0 Å². The number of amides is 1. The van der Waals surface area contributed by atoms with Crippen molar-refractivity contribution in [3.05, 3.63) is 0 Å². The molecular weight excluding hydrogens is 188 g/mol. The van der Waals surface area contributed by atoms with E-state index in [0.29, 0.717) is 12.3 Å². The first-order valence-electron chi connectivity index (χ1n) is 5.94. The van der Waals surface area contributed by atoms with Crippen molar-refractivity contribution in [1.29, 1.82) is 0 Å². The Hall–Kier alpha value is -0.570. The summed E-state index contributed by atoms with van der Waals surface area (Å²) >= 11 is 0. The maximum atomic E-state index is 11.5. The third kappa shape index (κ3) is 5.78. The number of carbonyl (C=O) groups excluding carboxylic acids is 1. The molecule has 1 atom stereocenters. The zero-order valence-corrected chi connectivity index (χ0v) is 10.2. The van der Waals surface area contributed by atoms with Gasteiger partial charge in [0.25, 0.3) is 0 Å². The largest absolute Gasteiger partial charge is 0.356 e. The quantitative estimate of drug-likeness (QED) is 0.703. The highest BCUT2D eigenvalue weighted by molar-refractivity contribution is 5.75. The van der Waals surface area contributed by atoms with E-state index in [0.717, 1.165) is 18.9 Å². The van der Waals surface area contributed by atoms with Gasteiger partial charge in [0.1, 0.15) is 0 Å². The summed E-state index contributed by atoms with van der Waals surface area (Å²) in [5.74, 6) is 1.64. The van der Waals surface area contributed by atoms with Crippen LogP contribution in [0.25, 0.3) is 0 Å². The first-order valence-corrected chi connectivity index (χ1v) is 5.94. The molecule has 88 valence electrons. The highest BCUT2D eigenvalue weighted by atomic mass is 16.1. The predicted octanol–water partition coefficient (Wildman–Crippen LogP) is 1.67. The van der Waals surface area contributed by atoms with Crippen molar-refractivity contribution in [2.75, 3.05) is 6.54 Å². The van der Waals surface area contributed by atoms with Crippen molar-refractivity contribution in [3.8, 4) is 0 Å². The van der Waals surface area contributed by atoms with Crippen molar-refractivity contribution in [2.45, 2.75) is 52.0 Å². The summed E-state index contributed by atoms with van der Waals surface area (Å²) < 4.78 is 0. The van der Waals surface area contributed by atoms with E-state index in [2.05, 4.69) is 12.2 Å². The van der Waals surface area contributed by atoms with Crippen molar-refractivity contribution in [1.82, 2.24) is 5.32 Å². The van der Waals surface area contributed by atoms with E-state index in [1.54, 1.807) is 0 Å². The fourth-order valence-corrected chi connectivity index (χ4v) is 1.63. The van der Waals surface area contributed by atoms with E-state index in [1.165, 1.54) is 12.8 Å². The van der Waals surface area contributed by atoms with Gasteiger partial charge in [-0.25, -0.2) is 0 Å². The summed E-state index contributed by atoms with van der Waals surface area (Å²) in [5.41, 5.74) is 5.58. The molecule has 0 aliphatic heterocycles. The van der Waals surface area contributed by atoms with Crippen molar-refractivity contribution < 1.29 is 4.79 Å². The molecule has 1 fully saturated rings. The third-order valence-corrected chi connectivity index (χ3v) is 3.04. The zero-order chi connectivity index (χ0) is 11.5. The zero-order valence-electron chi connectivity index (χ0n) is 10.2. The Kier molecular flexibility index (Phi) is 4.14. The number of nitrogens with one attached hydrogen (secondary N) is 1. The molecule has 15 heavy (non-hydrogen) atoms. The molecule has 0 saturated heterocycles. The first-order chi connectivity index (χ1) is 6.88. The van der Waals surface area contributed by atoms with E-state index >= 15 is 0 Å². The Labute approximate surface area is 92.8 Å². The Morgan fingerprint density at radius 1 is 1.53 bits per heavy atom. The van der Waals surface area contributed by atoms with E-state index in [9.17, 15) is 4.79 Å². The number of rotatable bonds is 6. The van der Waals surface area contributed by atoms with Crippen molar-refractivity contribution in [2.24, 2.45) is 17.6 Å². The molecule has 3 heteroatoms. The van der Waals surface area contributed by atoms with Crippen LogP contribution in [0.3, 0.4) is 0 Å². The molecule has 3 nitrogen and oxygen atoms in total. The minimum absolute atomic E-state index is 0.140. The average Bonchev–Trinajstić information content (AvgIpc) is 2.92. The van der Waals surface area contributed by atoms with Crippen LogP contribution in [0.15, 0.2) is 0 Å². The van der Waals surface area contributed by atoms with Crippen LogP contribution in [0, 0.1) is 11.8 Å². The van der Waals surface area contributed by atoms with Crippen molar-refractivity contribution >= 4 is 5.91 Å². The van der Waals surface area contributed by atoms with Gasteiger partial charge < -0.3 is 11.1 Å². The molecule has 0 bridgehead atoms. The first kappa shape index (κ1) is 12.5. The summed E-state index contributed by atoms with van der Waals surface area (Å²) in [5, 5.41) is 2.98. The summed E-state index contributed by atoms with van der Waals surface area (Å²) in [6, 6.07) is 0. The predicted molar refractivity (Wildman–Crippen MR) is 62.4 cm³/mol. The summed E-state index contributed by atoms with van der Waals surface area (Å²) in [7, 11) is 0. The summed E-state index contributed by atoms with van der Waals surface area (Å²) in [6.45, 7) is 6.94. The molecule has 3 N–H and O–H groups in total. The van der Waals surface area contributed by atoms with Gasteiger partial charge in [-0.1, -0.05) is 6.92 Å². The van der Waals surface area contributed by atoms with Crippen LogP contribution >= 0.6 is 0 Å². The number of nitrogens with two attached hydrogens (primary N) is 1. The molecule has 0 heterocycles. The van der Waals surface area contributed by atoms with Gasteiger partial charge >= 0.3 is 0 Å². The molecule has 1 unspecified atom stereocenters. The molecule has 1 rings (SSSR count). The topological polar surface area (TPSA) is 55.1 Å². The highest BCUT2D eigenvalue weighted by Crippen LogP contribution is 2.36. The Balaban J connectivity index is 2.07. The van der Waals surface area contributed by atoms with Crippen LogP contribution in [-0.4, -0.2) is 18.0 Å². The fourth-order valence-electron chi connectivity index (χ4n) is 1.63. The number of carbonyl (C=O) groups is 1. The van der Waals surface area contributed by atoms with Gasteiger partial charge in [-0.3, -0.25) is 4.79 Å². The van der Waals surface area contributed by atoms with Gasteiger partial charge in [-0.2, -0.15) is 0 Å². The second-order valence-electron chi connectivity index (χ2n) is 5.61. The highest BCUT2D eigenvalue weighted by Gasteiger charge is 2.27. The monoisotopic (exact) mass is 212 g/mol. The van der Waals surface area contributed by atoms with Gasteiger partial charge in [-0.05, 0) is 44.9 Å². The summed E-state index contributed by atoms with van der Waals surface area (Å²) in [4.78, 5) is 11.5. The Bertz CT molecular complexity index is 216. The van der Waals surface area contributed by atoms with Crippen LogP contribution in [-0.2, 0) is 4.79 Å². The molecule has 0 aromatic carbocycles. The minimum Gasteiger partial charge on any atom is -0.356 e. The Morgan fingerprint density at radius 3 is 2.60 bits per heavy atom. The lowest BCUT2D eigenvalue weighted by atomic mass is 10.00. The lowest BCUT2D eigenvalue weighted by Crippen LogP contribution is -2.35. The minimum atomic E-state index is -0.237. The van der Waals surface area contributed by atoms with Gasteiger partial charge in [0.05, 0.1) is 0 Å². The second-order valence-corrected chi connectivity index (χ2v) is 5.61. The van der Waals surface area contributed by atoms with Gasteiger partial charge in [0.2, 0.25) is 5.91 Å². The van der Waals surface area contributed by atoms with Crippen LogP contribution in [0.5, 0.6) is 0 Å². The molecule has 1 saturated carbocycles. The van der Waals surface area contributed by atoms with Gasteiger partial charge in [-0.15, -0.1) is 0 Å².